The second kappa shape index (κ2) is 10.3. The van der Waals surface area contributed by atoms with Crippen LogP contribution in [-0.4, -0.2) is 41.3 Å². The topological polar surface area (TPSA) is 83.3 Å². The maximum atomic E-state index is 13.1. The van der Waals surface area contributed by atoms with E-state index >= 15 is 0 Å². The van der Waals surface area contributed by atoms with Crippen LogP contribution in [0.4, 0.5) is 10.1 Å². The van der Waals surface area contributed by atoms with Gasteiger partial charge in [-0.05, 0) is 51.5 Å². The Morgan fingerprint density at radius 1 is 1.26 bits per heavy atom. The Bertz CT molecular complexity index is 786. The quantitative estimate of drug-likeness (QED) is 0.376. The lowest BCUT2D eigenvalue weighted by molar-refractivity contribution is -0.114. The molecule has 1 aromatic carbocycles. The zero-order valence-corrected chi connectivity index (χ0v) is 16.1. The molecule has 27 heavy (non-hydrogen) atoms. The van der Waals surface area contributed by atoms with E-state index < -0.39 is 5.82 Å². The highest BCUT2D eigenvalue weighted by Gasteiger charge is 2.05. The SMILES string of the molecule is CCNC(=NCC(=O)Nc1cccc(F)c1)NCCCn1nc(C)cc1C. The molecule has 0 fully saturated rings. The number of benzene rings is 1. The molecule has 3 N–H and O–H groups in total. The van der Waals surface area contributed by atoms with Gasteiger partial charge in [-0.3, -0.25) is 9.48 Å². The van der Waals surface area contributed by atoms with Crippen molar-refractivity contribution in [1.82, 2.24) is 20.4 Å². The van der Waals surface area contributed by atoms with Crippen LogP contribution in [0.5, 0.6) is 0 Å². The molecule has 1 amide bonds. The van der Waals surface area contributed by atoms with Gasteiger partial charge in [0.1, 0.15) is 12.4 Å². The number of anilines is 1. The van der Waals surface area contributed by atoms with E-state index in [1.807, 2.05) is 25.5 Å². The van der Waals surface area contributed by atoms with E-state index in [-0.39, 0.29) is 12.5 Å². The third kappa shape index (κ3) is 7.08. The predicted octanol–water partition coefficient (Wildman–Crippen LogP) is 2.22. The van der Waals surface area contributed by atoms with Crippen molar-refractivity contribution in [1.29, 1.82) is 0 Å². The van der Waals surface area contributed by atoms with Gasteiger partial charge in [0, 0.05) is 31.0 Å². The lowest BCUT2D eigenvalue weighted by atomic mass is 10.3. The molecule has 0 atom stereocenters. The van der Waals surface area contributed by atoms with Gasteiger partial charge in [-0.15, -0.1) is 0 Å². The van der Waals surface area contributed by atoms with Gasteiger partial charge < -0.3 is 16.0 Å². The van der Waals surface area contributed by atoms with Gasteiger partial charge >= 0.3 is 0 Å². The fourth-order valence-corrected chi connectivity index (χ4v) is 2.60. The van der Waals surface area contributed by atoms with Gasteiger partial charge in [-0.1, -0.05) is 6.07 Å². The highest BCUT2D eigenvalue weighted by Crippen LogP contribution is 2.08. The maximum absolute atomic E-state index is 13.1. The highest BCUT2D eigenvalue weighted by molar-refractivity contribution is 5.94. The van der Waals surface area contributed by atoms with Gasteiger partial charge in [-0.2, -0.15) is 5.10 Å². The van der Waals surface area contributed by atoms with Crippen molar-refractivity contribution in [2.75, 3.05) is 25.0 Å². The minimum atomic E-state index is -0.395. The third-order valence-electron chi connectivity index (χ3n) is 3.78. The zero-order valence-electron chi connectivity index (χ0n) is 16.1. The van der Waals surface area contributed by atoms with Crippen molar-refractivity contribution in [3.8, 4) is 0 Å². The summed E-state index contributed by atoms with van der Waals surface area (Å²) in [4.78, 5) is 16.2. The fourth-order valence-electron chi connectivity index (χ4n) is 2.60. The van der Waals surface area contributed by atoms with Crippen molar-refractivity contribution in [3.05, 3.63) is 47.5 Å². The molecule has 146 valence electrons. The minimum absolute atomic E-state index is 0.0523. The molecule has 0 unspecified atom stereocenters. The van der Waals surface area contributed by atoms with E-state index in [9.17, 15) is 9.18 Å². The minimum Gasteiger partial charge on any atom is -0.357 e. The predicted molar refractivity (Wildman–Crippen MR) is 105 cm³/mol. The van der Waals surface area contributed by atoms with Crippen molar-refractivity contribution in [2.45, 2.75) is 33.7 Å². The number of hydrogen-bond acceptors (Lipinski definition) is 3. The van der Waals surface area contributed by atoms with Gasteiger partial charge in [0.05, 0.1) is 5.69 Å². The van der Waals surface area contributed by atoms with Crippen molar-refractivity contribution in [2.24, 2.45) is 4.99 Å². The lowest BCUT2D eigenvalue weighted by Crippen LogP contribution is -2.38. The average Bonchev–Trinajstić information content (AvgIpc) is 2.93. The summed E-state index contributed by atoms with van der Waals surface area (Å²) in [6.45, 7) is 8.13. The third-order valence-corrected chi connectivity index (χ3v) is 3.78. The fraction of sp³-hybridized carbons (Fsp3) is 0.421. The Morgan fingerprint density at radius 2 is 2.07 bits per heavy atom. The Balaban J connectivity index is 1.79. The van der Waals surface area contributed by atoms with Crippen molar-refractivity contribution >= 4 is 17.6 Å². The van der Waals surface area contributed by atoms with E-state index in [4.69, 9.17) is 0 Å². The number of nitrogens with zero attached hydrogens (tertiary/aromatic N) is 3. The molecule has 0 spiro atoms. The number of aliphatic imine (C=N–C) groups is 1. The Labute approximate surface area is 159 Å². The molecule has 1 aromatic heterocycles. The second-order valence-electron chi connectivity index (χ2n) is 6.18. The molecule has 8 heteroatoms. The summed E-state index contributed by atoms with van der Waals surface area (Å²) in [5, 5.41) is 13.4. The average molecular weight is 374 g/mol. The molecule has 0 saturated carbocycles. The Hall–Kier alpha value is -2.90. The number of aryl methyl sites for hydroxylation is 3. The molecule has 0 bridgehead atoms. The van der Waals surface area contributed by atoms with Crippen LogP contribution in [0.25, 0.3) is 0 Å². The summed E-state index contributed by atoms with van der Waals surface area (Å²) in [5.74, 6) is -0.130. The normalized spacial score (nSPS) is 11.3. The first-order valence-electron chi connectivity index (χ1n) is 9.06. The van der Waals surface area contributed by atoms with Crippen LogP contribution < -0.4 is 16.0 Å². The highest BCUT2D eigenvalue weighted by atomic mass is 19.1. The number of nitrogens with one attached hydrogen (secondary N) is 3. The first-order chi connectivity index (χ1) is 13.0. The van der Waals surface area contributed by atoms with Crippen LogP contribution in [0.1, 0.15) is 24.7 Å². The number of hydrogen-bond donors (Lipinski definition) is 3. The van der Waals surface area contributed by atoms with Gasteiger partial charge in [0.25, 0.3) is 0 Å². The molecule has 2 rings (SSSR count). The monoisotopic (exact) mass is 374 g/mol. The molecule has 2 aromatic rings. The van der Waals surface area contributed by atoms with E-state index in [1.165, 1.54) is 12.1 Å². The molecule has 0 radical (unpaired) electrons. The number of carbonyl (C=O) groups is 1. The molecule has 1 heterocycles. The smallest absolute Gasteiger partial charge is 0.246 e. The van der Waals surface area contributed by atoms with E-state index in [2.05, 4.69) is 32.1 Å². The second-order valence-corrected chi connectivity index (χ2v) is 6.18. The molecule has 7 nitrogen and oxygen atoms in total. The number of guanidine groups is 1. The van der Waals surface area contributed by atoms with Crippen molar-refractivity contribution < 1.29 is 9.18 Å². The summed E-state index contributed by atoms with van der Waals surface area (Å²) in [6, 6.07) is 7.82. The van der Waals surface area contributed by atoms with Crippen LogP contribution >= 0.6 is 0 Å². The number of carbonyl (C=O) groups excluding carboxylic acids is 1. The molecule has 0 aliphatic carbocycles. The first kappa shape index (κ1) is 20.4. The molecule has 0 saturated heterocycles. The summed E-state index contributed by atoms with van der Waals surface area (Å²) < 4.78 is 15.1. The summed E-state index contributed by atoms with van der Waals surface area (Å²) in [6.07, 6.45) is 0.877. The van der Waals surface area contributed by atoms with Gasteiger partial charge in [0.2, 0.25) is 5.91 Å². The Morgan fingerprint density at radius 3 is 2.74 bits per heavy atom. The molecular formula is C19H27FN6O. The number of aromatic nitrogens is 2. The van der Waals surface area contributed by atoms with Crippen LogP contribution in [0.3, 0.4) is 0 Å². The standard InChI is InChI=1S/C19H27FN6O/c1-4-21-19(22-9-6-10-26-15(3)11-14(2)25-26)23-13-18(27)24-17-8-5-7-16(20)12-17/h5,7-8,11-12H,4,6,9-10,13H2,1-3H3,(H,24,27)(H2,21,22,23). The number of amides is 1. The summed E-state index contributed by atoms with van der Waals surface area (Å²) >= 11 is 0. The van der Waals surface area contributed by atoms with E-state index in [0.717, 1.165) is 24.4 Å². The Kier molecular flexibility index (Phi) is 7.79. The lowest BCUT2D eigenvalue weighted by Gasteiger charge is -2.12. The van der Waals surface area contributed by atoms with E-state index in [0.29, 0.717) is 24.7 Å². The van der Waals surface area contributed by atoms with Crippen LogP contribution in [0, 0.1) is 19.7 Å². The largest absolute Gasteiger partial charge is 0.357 e. The van der Waals surface area contributed by atoms with Crippen LogP contribution in [0.15, 0.2) is 35.3 Å². The van der Waals surface area contributed by atoms with Crippen LogP contribution in [0.2, 0.25) is 0 Å². The molecule has 0 aliphatic rings. The first-order valence-corrected chi connectivity index (χ1v) is 9.06. The number of rotatable bonds is 8. The molecule has 0 aliphatic heterocycles. The van der Waals surface area contributed by atoms with Gasteiger partial charge in [0.15, 0.2) is 5.96 Å². The number of halogens is 1. The van der Waals surface area contributed by atoms with Gasteiger partial charge in [-0.25, -0.2) is 9.38 Å². The molecular weight excluding hydrogens is 347 g/mol. The van der Waals surface area contributed by atoms with Crippen LogP contribution in [-0.2, 0) is 11.3 Å². The summed E-state index contributed by atoms with van der Waals surface area (Å²) in [7, 11) is 0. The zero-order chi connectivity index (χ0) is 19.6. The van der Waals surface area contributed by atoms with E-state index in [1.54, 1.807) is 12.1 Å². The maximum Gasteiger partial charge on any atom is 0.246 e. The summed E-state index contributed by atoms with van der Waals surface area (Å²) in [5.41, 5.74) is 2.57. The van der Waals surface area contributed by atoms with Crippen molar-refractivity contribution in [3.63, 3.8) is 0 Å².